The summed E-state index contributed by atoms with van der Waals surface area (Å²) in [6.07, 6.45) is 0. The second kappa shape index (κ2) is 7.17. The number of non-ortho nitro benzene ring substituents is 1. The Labute approximate surface area is 132 Å². The predicted octanol–water partition coefficient (Wildman–Crippen LogP) is 2.76. The van der Waals surface area contributed by atoms with E-state index in [4.69, 9.17) is 4.74 Å². The highest BCUT2D eigenvalue weighted by Crippen LogP contribution is 2.14. The monoisotopic (exact) mass is 313 g/mol. The number of nitro groups is 1. The van der Waals surface area contributed by atoms with Gasteiger partial charge in [0.15, 0.2) is 0 Å². The van der Waals surface area contributed by atoms with E-state index in [9.17, 15) is 14.9 Å². The molecule has 1 N–H and O–H groups in total. The summed E-state index contributed by atoms with van der Waals surface area (Å²) < 4.78 is 5.06. The fourth-order valence-corrected chi connectivity index (χ4v) is 1.87. The Bertz CT molecular complexity index is 771. The second-order valence-electron chi connectivity index (χ2n) is 4.68. The maximum Gasteiger partial charge on any atom is 0.271 e. The van der Waals surface area contributed by atoms with Gasteiger partial charge in [-0.3, -0.25) is 14.9 Å². The first kappa shape index (κ1) is 16.2. The van der Waals surface area contributed by atoms with Crippen molar-refractivity contribution >= 4 is 17.3 Å². The first-order valence-electron chi connectivity index (χ1n) is 6.75. The van der Waals surface area contributed by atoms with Crippen LogP contribution in [-0.4, -0.2) is 23.7 Å². The third kappa shape index (κ3) is 4.13. The van der Waals surface area contributed by atoms with E-state index < -0.39 is 10.8 Å². The number of nitrogens with one attached hydrogen (secondary N) is 1. The van der Waals surface area contributed by atoms with Crippen molar-refractivity contribution < 1.29 is 14.5 Å². The van der Waals surface area contributed by atoms with Gasteiger partial charge in [-0.15, -0.1) is 0 Å². The van der Waals surface area contributed by atoms with Crippen LogP contribution in [0.4, 0.5) is 5.69 Å². The van der Waals surface area contributed by atoms with E-state index in [0.717, 1.165) is 0 Å². The van der Waals surface area contributed by atoms with Gasteiger partial charge in [0.1, 0.15) is 5.75 Å². The van der Waals surface area contributed by atoms with E-state index in [-0.39, 0.29) is 5.69 Å². The molecule has 0 saturated carbocycles. The van der Waals surface area contributed by atoms with Gasteiger partial charge in [0.05, 0.1) is 17.7 Å². The normalized spacial score (nSPS) is 11.0. The summed E-state index contributed by atoms with van der Waals surface area (Å²) in [5, 5.41) is 14.8. The van der Waals surface area contributed by atoms with Crippen molar-refractivity contribution in [3.05, 3.63) is 69.8 Å². The predicted molar refractivity (Wildman–Crippen MR) is 85.8 cm³/mol. The van der Waals surface area contributed by atoms with Crippen LogP contribution < -0.4 is 10.2 Å². The van der Waals surface area contributed by atoms with Gasteiger partial charge >= 0.3 is 0 Å². The molecule has 7 heteroatoms. The first-order valence-corrected chi connectivity index (χ1v) is 6.75. The van der Waals surface area contributed by atoms with Crippen molar-refractivity contribution in [1.82, 2.24) is 5.43 Å². The van der Waals surface area contributed by atoms with Crippen LogP contribution in [0.1, 0.15) is 22.8 Å². The Kier molecular flexibility index (Phi) is 5.03. The van der Waals surface area contributed by atoms with Crippen LogP contribution in [0.2, 0.25) is 0 Å². The molecule has 0 aliphatic carbocycles. The van der Waals surface area contributed by atoms with Crippen LogP contribution in [0.15, 0.2) is 53.6 Å². The minimum Gasteiger partial charge on any atom is -0.497 e. The molecule has 0 radical (unpaired) electrons. The molecule has 2 aromatic carbocycles. The quantitative estimate of drug-likeness (QED) is 0.521. The SMILES string of the molecule is COc1cccc(C(=O)N/N=C(\C)c2cccc([N+](=O)[O-])c2)c1. The molecular weight excluding hydrogens is 298 g/mol. The van der Waals surface area contributed by atoms with Crippen LogP contribution in [-0.2, 0) is 0 Å². The summed E-state index contributed by atoms with van der Waals surface area (Å²) in [5.41, 5.74) is 3.82. The molecule has 0 aliphatic heterocycles. The number of nitrogens with zero attached hydrogens (tertiary/aromatic N) is 2. The lowest BCUT2D eigenvalue weighted by atomic mass is 10.1. The molecule has 0 bridgehead atoms. The van der Waals surface area contributed by atoms with Gasteiger partial charge in [0.25, 0.3) is 11.6 Å². The molecule has 0 spiro atoms. The summed E-state index contributed by atoms with van der Waals surface area (Å²) in [7, 11) is 1.52. The Hall–Kier alpha value is -3.22. The van der Waals surface area contributed by atoms with Crippen molar-refractivity contribution in [2.75, 3.05) is 7.11 Å². The number of rotatable bonds is 5. The van der Waals surface area contributed by atoms with Crippen molar-refractivity contribution in [2.24, 2.45) is 5.10 Å². The Balaban J connectivity index is 2.13. The smallest absolute Gasteiger partial charge is 0.271 e. The fraction of sp³-hybridized carbons (Fsp3) is 0.125. The van der Waals surface area contributed by atoms with Crippen molar-refractivity contribution in [1.29, 1.82) is 0 Å². The zero-order valence-electron chi connectivity index (χ0n) is 12.6. The molecule has 2 rings (SSSR count). The minimum atomic E-state index is -0.481. The van der Waals surface area contributed by atoms with Crippen LogP contribution >= 0.6 is 0 Å². The van der Waals surface area contributed by atoms with Gasteiger partial charge in [-0.1, -0.05) is 18.2 Å². The minimum absolute atomic E-state index is 0.0313. The molecule has 7 nitrogen and oxygen atoms in total. The molecule has 0 aromatic heterocycles. The number of methoxy groups -OCH3 is 1. The molecule has 0 heterocycles. The number of amides is 1. The lowest BCUT2D eigenvalue weighted by Gasteiger charge is -2.05. The van der Waals surface area contributed by atoms with Gasteiger partial charge < -0.3 is 4.74 Å². The van der Waals surface area contributed by atoms with Gasteiger partial charge in [-0.05, 0) is 25.1 Å². The fourth-order valence-electron chi connectivity index (χ4n) is 1.87. The van der Waals surface area contributed by atoms with E-state index in [1.807, 2.05) is 0 Å². The third-order valence-electron chi connectivity index (χ3n) is 3.13. The maximum atomic E-state index is 12.0. The van der Waals surface area contributed by atoms with Crippen LogP contribution in [0, 0.1) is 10.1 Å². The molecule has 0 aliphatic rings. The van der Waals surface area contributed by atoms with E-state index in [1.165, 1.54) is 19.2 Å². The van der Waals surface area contributed by atoms with Gasteiger partial charge in [0, 0.05) is 23.3 Å². The molecule has 0 saturated heterocycles. The largest absolute Gasteiger partial charge is 0.497 e. The van der Waals surface area contributed by atoms with Crippen LogP contribution in [0.5, 0.6) is 5.75 Å². The van der Waals surface area contributed by atoms with Crippen molar-refractivity contribution in [3.8, 4) is 5.75 Å². The summed E-state index contributed by atoms with van der Waals surface area (Å²) in [5.74, 6) is 0.172. The van der Waals surface area contributed by atoms with Crippen molar-refractivity contribution in [2.45, 2.75) is 6.92 Å². The molecular formula is C16H15N3O4. The highest BCUT2D eigenvalue weighted by Gasteiger charge is 2.09. The second-order valence-corrected chi connectivity index (χ2v) is 4.68. The Morgan fingerprint density at radius 2 is 1.87 bits per heavy atom. The lowest BCUT2D eigenvalue weighted by molar-refractivity contribution is -0.384. The highest BCUT2D eigenvalue weighted by atomic mass is 16.6. The standard InChI is InChI=1S/C16H15N3O4/c1-11(12-5-3-7-14(9-12)19(21)22)17-18-16(20)13-6-4-8-15(10-13)23-2/h3-10H,1-2H3,(H,18,20)/b17-11+. The molecule has 2 aromatic rings. The van der Waals surface area contributed by atoms with E-state index in [1.54, 1.807) is 43.3 Å². The Morgan fingerprint density at radius 1 is 1.17 bits per heavy atom. The maximum absolute atomic E-state index is 12.0. The number of nitro benzene ring substituents is 1. The summed E-state index contributed by atoms with van der Waals surface area (Å²) in [6.45, 7) is 1.66. The lowest BCUT2D eigenvalue weighted by Crippen LogP contribution is -2.19. The number of carbonyl (C=O) groups is 1. The van der Waals surface area contributed by atoms with Crippen LogP contribution in [0.3, 0.4) is 0 Å². The zero-order valence-corrected chi connectivity index (χ0v) is 12.6. The molecule has 23 heavy (non-hydrogen) atoms. The third-order valence-corrected chi connectivity index (χ3v) is 3.13. The molecule has 1 amide bonds. The number of hydrogen-bond donors (Lipinski definition) is 1. The number of hydrogen-bond acceptors (Lipinski definition) is 5. The van der Waals surface area contributed by atoms with Gasteiger partial charge in [0.2, 0.25) is 0 Å². The first-order chi connectivity index (χ1) is 11.0. The number of carbonyl (C=O) groups excluding carboxylic acids is 1. The van der Waals surface area contributed by atoms with Gasteiger partial charge in [-0.25, -0.2) is 5.43 Å². The number of benzene rings is 2. The van der Waals surface area contributed by atoms with E-state index in [0.29, 0.717) is 22.6 Å². The van der Waals surface area contributed by atoms with E-state index >= 15 is 0 Å². The summed E-state index contributed by atoms with van der Waals surface area (Å²) in [6, 6.07) is 12.7. The summed E-state index contributed by atoms with van der Waals surface area (Å²) >= 11 is 0. The zero-order chi connectivity index (χ0) is 16.8. The average molecular weight is 313 g/mol. The van der Waals surface area contributed by atoms with E-state index in [2.05, 4.69) is 10.5 Å². The van der Waals surface area contributed by atoms with Crippen molar-refractivity contribution in [3.63, 3.8) is 0 Å². The molecule has 118 valence electrons. The number of ether oxygens (including phenoxy) is 1. The molecule has 0 fully saturated rings. The van der Waals surface area contributed by atoms with Gasteiger partial charge in [-0.2, -0.15) is 5.10 Å². The average Bonchev–Trinajstić information content (AvgIpc) is 2.59. The highest BCUT2D eigenvalue weighted by molar-refractivity contribution is 6.01. The Morgan fingerprint density at radius 3 is 2.57 bits per heavy atom. The molecule has 0 unspecified atom stereocenters. The molecule has 0 atom stereocenters. The summed E-state index contributed by atoms with van der Waals surface area (Å²) in [4.78, 5) is 22.3. The number of hydrazone groups is 1. The topological polar surface area (TPSA) is 93.8 Å². The van der Waals surface area contributed by atoms with Crippen LogP contribution in [0.25, 0.3) is 0 Å².